The molecule has 0 aliphatic carbocycles. The molecule has 0 spiro atoms. The molecule has 17 heavy (non-hydrogen) atoms. The van der Waals surface area contributed by atoms with Gasteiger partial charge in [0.25, 0.3) is 5.91 Å². The lowest BCUT2D eigenvalue weighted by molar-refractivity contribution is 0.00359. The van der Waals surface area contributed by atoms with Crippen LogP contribution in [0.3, 0.4) is 0 Å². The molecule has 1 heterocycles. The molecule has 0 unspecified atom stereocenters. The van der Waals surface area contributed by atoms with Crippen LogP contribution in [0.15, 0.2) is 22.7 Å². The molecule has 2 rings (SSSR count). The number of benzene rings is 1. The van der Waals surface area contributed by atoms with Crippen molar-refractivity contribution in [2.45, 2.75) is 19.9 Å². The molecule has 0 N–H and O–H groups in total. The van der Waals surface area contributed by atoms with Crippen LogP contribution in [-0.4, -0.2) is 36.6 Å². The summed E-state index contributed by atoms with van der Waals surface area (Å²) in [6, 6.07) is 5.88. The molecule has 0 radical (unpaired) electrons. The van der Waals surface area contributed by atoms with Crippen LogP contribution in [0.1, 0.15) is 22.8 Å². The van der Waals surface area contributed by atoms with Crippen molar-refractivity contribution in [3.63, 3.8) is 0 Å². The van der Waals surface area contributed by atoms with Gasteiger partial charge in [0.2, 0.25) is 0 Å². The van der Waals surface area contributed by atoms with Crippen molar-refractivity contribution < 1.29 is 9.53 Å². The monoisotopic (exact) mass is 297 g/mol. The lowest BCUT2D eigenvalue weighted by Gasteiger charge is -2.33. The van der Waals surface area contributed by atoms with Crippen LogP contribution < -0.4 is 0 Å². The molecule has 1 aliphatic rings. The van der Waals surface area contributed by atoms with Gasteiger partial charge in [-0.3, -0.25) is 4.79 Å². The van der Waals surface area contributed by atoms with Gasteiger partial charge in [0.1, 0.15) is 0 Å². The molecule has 1 amide bonds. The van der Waals surface area contributed by atoms with Gasteiger partial charge >= 0.3 is 0 Å². The number of morpholine rings is 1. The van der Waals surface area contributed by atoms with E-state index in [2.05, 4.69) is 15.9 Å². The van der Waals surface area contributed by atoms with Crippen molar-refractivity contribution in [3.05, 3.63) is 33.8 Å². The topological polar surface area (TPSA) is 29.5 Å². The molecule has 1 aromatic rings. The van der Waals surface area contributed by atoms with E-state index in [1.54, 1.807) is 0 Å². The lowest BCUT2D eigenvalue weighted by Crippen LogP contribution is -2.47. The van der Waals surface area contributed by atoms with Crippen LogP contribution in [-0.2, 0) is 4.74 Å². The number of carbonyl (C=O) groups is 1. The molecule has 92 valence electrons. The molecular weight excluding hydrogens is 282 g/mol. The molecule has 0 aromatic heterocycles. The lowest BCUT2D eigenvalue weighted by atomic mass is 10.1. The Bertz CT molecular complexity index is 433. The summed E-state index contributed by atoms with van der Waals surface area (Å²) in [6.07, 6.45) is 0. The maximum absolute atomic E-state index is 12.3. The Balaban J connectivity index is 2.21. The maximum atomic E-state index is 12.3. The summed E-state index contributed by atoms with van der Waals surface area (Å²) in [5.74, 6) is 0.0847. The Labute approximate surface area is 110 Å². The molecule has 1 saturated heterocycles. The van der Waals surface area contributed by atoms with Gasteiger partial charge < -0.3 is 9.64 Å². The number of amides is 1. The zero-order valence-electron chi connectivity index (χ0n) is 10.1. The first-order chi connectivity index (χ1) is 8.09. The Morgan fingerprint density at radius 2 is 2.29 bits per heavy atom. The Hall–Kier alpha value is -0.870. The highest BCUT2D eigenvalue weighted by Crippen LogP contribution is 2.20. The molecule has 1 aromatic carbocycles. The van der Waals surface area contributed by atoms with Gasteiger partial charge in [-0.25, -0.2) is 0 Å². The number of aryl methyl sites for hydroxylation is 1. The predicted octanol–water partition coefficient (Wildman–Crippen LogP) is 2.62. The van der Waals surface area contributed by atoms with Gasteiger partial charge in [0.05, 0.1) is 19.3 Å². The van der Waals surface area contributed by atoms with Crippen molar-refractivity contribution in [1.29, 1.82) is 0 Å². The first-order valence-corrected chi connectivity index (χ1v) is 6.54. The minimum atomic E-state index is 0.0847. The van der Waals surface area contributed by atoms with Crippen LogP contribution in [0.2, 0.25) is 0 Å². The van der Waals surface area contributed by atoms with E-state index in [0.29, 0.717) is 19.8 Å². The summed E-state index contributed by atoms with van der Waals surface area (Å²) in [5.41, 5.74) is 1.87. The van der Waals surface area contributed by atoms with E-state index in [-0.39, 0.29) is 11.9 Å². The number of hydrogen-bond acceptors (Lipinski definition) is 2. The third-order valence-corrected chi connectivity index (χ3v) is 3.90. The van der Waals surface area contributed by atoms with Crippen molar-refractivity contribution in [3.8, 4) is 0 Å². The molecule has 0 bridgehead atoms. The first-order valence-electron chi connectivity index (χ1n) is 5.74. The molecule has 0 saturated carbocycles. The number of rotatable bonds is 1. The average Bonchev–Trinajstić information content (AvgIpc) is 2.32. The zero-order chi connectivity index (χ0) is 12.4. The summed E-state index contributed by atoms with van der Waals surface area (Å²) >= 11 is 3.46. The maximum Gasteiger partial charge on any atom is 0.254 e. The highest BCUT2D eigenvalue weighted by Gasteiger charge is 2.24. The van der Waals surface area contributed by atoms with Crippen molar-refractivity contribution in [2.24, 2.45) is 0 Å². The number of nitrogens with zero attached hydrogens (tertiary/aromatic N) is 1. The van der Waals surface area contributed by atoms with Crippen LogP contribution in [0.4, 0.5) is 0 Å². The van der Waals surface area contributed by atoms with Crippen molar-refractivity contribution in [1.82, 2.24) is 4.90 Å². The van der Waals surface area contributed by atoms with Gasteiger partial charge in [0, 0.05) is 16.6 Å². The number of halogens is 1. The van der Waals surface area contributed by atoms with Crippen LogP contribution in [0, 0.1) is 6.92 Å². The van der Waals surface area contributed by atoms with Gasteiger partial charge in [-0.05, 0) is 31.5 Å². The normalized spacial score (nSPS) is 20.4. The van der Waals surface area contributed by atoms with E-state index in [1.807, 2.05) is 36.9 Å². The van der Waals surface area contributed by atoms with E-state index in [9.17, 15) is 4.79 Å². The molecular formula is C13H16BrNO2. The SMILES string of the molecule is Cc1ccc(C(=O)N2CCOC[C@H]2C)cc1Br. The Morgan fingerprint density at radius 1 is 1.53 bits per heavy atom. The smallest absolute Gasteiger partial charge is 0.254 e. The van der Waals surface area contributed by atoms with Crippen LogP contribution in [0.25, 0.3) is 0 Å². The standard InChI is InChI=1S/C13H16BrNO2/c1-9-3-4-11(7-12(9)14)13(16)15-5-6-17-8-10(15)2/h3-4,7,10H,5-6,8H2,1-2H3/t10-/m1/s1. The zero-order valence-corrected chi connectivity index (χ0v) is 11.7. The fourth-order valence-corrected chi connectivity index (χ4v) is 2.30. The predicted molar refractivity (Wildman–Crippen MR) is 70.2 cm³/mol. The molecule has 1 aliphatic heterocycles. The Morgan fingerprint density at radius 3 is 2.94 bits per heavy atom. The molecule has 3 nitrogen and oxygen atoms in total. The quantitative estimate of drug-likeness (QED) is 0.797. The van der Waals surface area contributed by atoms with E-state index in [1.165, 1.54) is 0 Å². The van der Waals surface area contributed by atoms with Gasteiger partial charge in [-0.15, -0.1) is 0 Å². The third-order valence-electron chi connectivity index (χ3n) is 3.05. The summed E-state index contributed by atoms with van der Waals surface area (Å²) in [7, 11) is 0. The summed E-state index contributed by atoms with van der Waals surface area (Å²) in [4.78, 5) is 14.2. The molecule has 1 atom stereocenters. The van der Waals surface area contributed by atoms with Crippen molar-refractivity contribution >= 4 is 21.8 Å². The molecule has 1 fully saturated rings. The largest absolute Gasteiger partial charge is 0.377 e. The van der Waals surface area contributed by atoms with Gasteiger partial charge in [0.15, 0.2) is 0 Å². The minimum Gasteiger partial charge on any atom is -0.377 e. The second kappa shape index (κ2) is 5.19. The fourth-order valence-electron chi connectivity index (χ4n) is 1.92. The summed E-state index contributed by atoms with van der Waals surface area (Å²) in [6.45, 7) is 5.95. The number of hydrogen-bond donors (Lipinski definition) is 0. The number of carbonyl (C=O) groups excluding carboxylic acids is 1. The minimum absolute atomic E-state index is 0.0847. The second-order valence-corrected chi connectivity index (χ2v) is 5.24. The summed E-state index contributed by atoms with van der Waals surface area (Å²) < 4.78 is 6.31. The van der Waals surface area contributed by atoms with Crippen LogP contribution >= 0.6 is 15.9 Å². The van der Waals surface area contributed by atoms with E-state index in [4.69, 9.17) is 4.74 Å². The van der Waals surface area contributed by atoms with Crippen LogP contribution in [0.5, 0.6) is 0 Å². The first kappa shape index (κ1) is 12.6. The van der Waals surface area contributed by atoms with Crippen molar-refractivity contribution in [2.75, 3.05) is 19.8 Å². The third kappa shape index (κ3) is 2.69. The number of ether oxygens (including phenoxy) is 1. The fraction of sp³-hybridized carbons (Fsp3) is 0.462. The average molecular weight is 298 g/mol. The van der Waals surface area contributed by atoms with E-state index >= 15 is 0 Å². The van der Waals surface area contributed by atoms with Gasteiger partial charge in [-0.2, -0.15) is 0 Å². The van der Waals surface area contributed by atoms with Gasteiger partial charge in [-0.1, -0.05) is 22.0 Å². The van der Waals surface area contributed by atoms with E-state index in [0.717, 1.165) is 15.6 Å². The molecule has 4 heteroatoms. The Kier molecular flexibility index (Phi) is 3.84. The summed E-state index contributed by atoms with van der Waals surface area (Å²) in [5, 5.41) is 0. The van der Waals surface area contributed by atoms with E-state index < -0.39 is 0 Å². The second-order valence-electron chi connectivity index (χ2n) is 4.39. The highest BCUT2D eigenvalue weighted by molar-refractivity contribution is 9.10. The highest BCUT2D eigenvalue weighted by atomic mass is 79.9.